The lowest BCUT2D eigenvalue weighted by molar-refractivity contribution is -0.115. The van der Waals surface area contributed by atoms with Crippen molar-refractivity contribution in [1.82, 2.24) is 0 Å². The molecule has 0 saturated carbocycles. The zero-order valence-corrected chi connectivity index (χ0v) is 18.6. The number of nitrogens with zero attached hydrogens (tertiary/aromatic N) is 1. The van der Waals surface area contributed by atoms with Gasteiger partial charge in [0.2, 0.25) is 0 Å². The fourth-order valence-corrected chi connectivity index (χ4v) is 3.60. The average molecular weight is 386 g/mol. The quantitative estimate of drug-likeness (QED) is 0.196. The van der Waals surface area contributed by atoms with Crippen LogP contribution in [0, 0.1) is 0 Å². The van der Waals surface area contributed by atoms with Crippen LogP contribution in [0.25, 0.3) is 0 Å². The van der Waals surface area contributed by atoms with E-state index in [0.717, 1.165) is 37.1 Å². The minimum absolute atomic E-state index is 0.116. The Kier molecular flexibility index (Phi) is 14.3. The summed E-state index contributed by atoms with van der Waals surface area (Å²) in [6.07, 6.45) is 17.1. The van der Waals surface area contributed by atoms with E-state index < -0.39 is 0 Å². The molecule has 158 valence electrons. The molecule has 0 heterocycles. The summed E-state index contributed by atoms with van der Waals surface area (Å²) >= 11 is 0. The third-order valence-electron chi connectivity index (χ3n) is 5.43. The van der Waals surface area contributed by atoms with E-state index in [1.807, 2.05) is 35.2 Å². The first kappa shape index (κ1) is 24.5. The first-order valence-electron chi connectivity index (χ1n) is 11.7. The van der Waals surface area contributed by atoms with E-state index in [-0.39, 0.29) is 5.91 Å². The largest absolute Gasteiger partial charge is 0.309 e. The molecule has 28 heavy (non-hydrogen) atoms. The van der Waals surface area contributed by atoms with Crippen LogP contribution in [0.15, 0.2) is 42.5 Å². The second kappa shape index (κ2) is 16.4. The first-order valence-corrected chi connectivity index (χ1v) is 11.7. The van der Waals surface area contributed by atoms with Gasteiger partial charge in [0.25, 0.3) is 5.91 Å². The number of rotatable bonds is 17. The summed E-state index contributed by atoms with van der Waals surface area (Å²) in [6.45, 7) is 9.41. The molecule has 0 saturated heterocycles. The predicted molar refractivity (Wildman–Crippen MR) is 124 cm³/mol. The molecule has 2 nitrogen and oxygen atoms in total. The molecule has 0 bridgehead atoms. The minimum atomic E-state index is 0.116. The molecule has 1 aromatic carbocycles. The fourth-order valence-electron chi connectivity index (χ4n) is 3.60. The van der Waals surface area contributed by atoms with Gasteiger partial charge in [-0.25, -0.2) is 0 Å². The lowest BCUT2D eigenvalue weighted by atomic mass is 10.0. The first-order chi connectivity index (χ1) is 13.7. The highest BCUT2D eigenvalue weighted by atomic mass is 16.2. The Bertz CT molecular complexity index is 522. The second-order valence-electron chi connectivity index (χ2n) is 8.03. The molecule has 0 N–H and O–H groups in total. The molecule has 0 aliphatic heterocycles. The molecular formula is C26H43NO. The van der Waals surface area contributed by atoms with E-state index in [2.05, 4.69) is 20.4 Å². The number of unbranched alkanes of at least 4 members (excludes halogenated alkanes) is 11. The number of amides is 1. The number of benzene rings is 1. The van der Waals surface area contributed by atoms with Crippen molar-refractivity contribution in [1.29, 1.82) is 0 Å². The van der Waals surface area contributed by atoms with Crippen LogP contribution < -0.4 is 4.90 Å². The molecule has 0 spiro atoms. The lowest BCUT2D eigenvalue weighted by Crippen LogP contribution is -2.32. The van der Waals surface area contributed by atoms with Gasteiger partial charge in [-0.2, -0.15) is 0 Å². The van der Waals surface area contributed by atoms with Crippen LogP contribution in [-0.2, 0) is 4.79 Å². The summed E-state index contributed by atoms with van der Waals surface area (Å²) < 4.78 is 0. The number of hydrogen-bond acceptors (Lipinski definition) is 1. The van der Waals surface area contributed by atoms with Crippen LogP contribution in [0.2, 0.25) is 0 Å². The van der Waals surface area contributed by atoms with Crippen molar-refractivity contribution < 1.29 is 4.79 Å². The van der Waals surface area contributed by atoms with Crippen molar-refractivity contribution in [3.63, 3.8) is 0 Å². The van der Waals surface area contributed by atoms with Gasteiger partial charge in [-0.05, 0) is 31.4 Å². The maximum absolute atomic E-state index is 13.0. The fraction of sp³-hybridized carbons (Fsp3) is 0.654. The maximum Gasteiger partial charge on any atom is 0.253 e. The number of para-hydroxylation sites is 1. The summed E-state index contributed by atoms with van der Waals surface area (Å²) in [5.41, 5.74) is 1.77. The zero-order chi connectivity index (χ0) is 20.5. The van der Waals surface area contributed by atoms with E-state index in [1.54, 1.807) is 0 Å². The molecule has 0 fully saturated rings. The molecule has 0 radical (unpaired) electrons. The number of carbonyl (C=O) groups excluding carboxylic acids is 1. The molecule has 0 aliphatic carbocycles. The topological polar surface area (TPSA) is 20.3 Å². The Hall–Kier alpha value is -1.57. The third kappa shape index (κ3) is 10.7. The van der Waals surface area contributed by atoms with Crippen molar-refractivity contribution in [3.8, 4) is 0 Å². The molecule has 1 aromatic rings. The van der Waals surface area contributed by atoms with Crippen molar-refractivity contribution in [2.75, 3.05) is 11.4 Å². The zero-order valence-electron chi connectivity index (χ0n) is 18.6. The van der Waals surface area contributed by atoms with Gasteiger partial charge in [0.15, 0.2) is 0 Å². The molecule has 2 heteroatoms. The standard InChI is InChI=1S/C26H43NO/c1-4-6-8-10-12-13-16-20-24(3)26(28)27(25-21-17-15-18-22-25)23-19-14-11-9-7-5-2/h15,17-18,21-22H,3-14,16,19-20,23H2,1-2H3. The van der Waals surface area contributed by atoms with Crippen molar-refractivity contribution >= 4 is 11.6 Å². The summed E-state index contributed by atoms with van der Waals surface area (Å²) in [5.74, 6) is 0.116. The predicted octanol–water partition coefficient (Wildman–Crippen LogP) is 8.08. The normalized spacial score (nSPS) is 10.8. The Labute approximate surface area is 174 Å². The van der Waals surface area contributed by atoms with E-state index in [1.165, 1.54) is 70.6 Å². The number of hydrogen-bond donors (Lipinski definition) is 0. The smallest absolute Gasteiger partial charge is 0.253 e. The Morgan fingerprint density at radius 3 is 1.82 bits per heavy atom. The van der Waals surface area contributed by atoms with Gasteiger partial charge in [-0.1, -0.05) is 109 Å². The van der Waals surface area contributed by atoms with Crippen LogP contribution in [-0.4, -0.2) is 12.5 Å². The summed E-state index contributed by atoms with van der Waals surface area (Å²) in [6, 6.07) is 10.1. The van der Waals surface area contributed by atoms with Crippen molar-refractivity contribution in [2.45, 2.75) is 104 Å². The molecule has 1 amide bonds. The summed E-state index contributed by atoms with van der Waals surface area (Å²) in [5, 5.41) is 0. The number of carbonyl (C=O) groups is 1. The van der Waals surface area contributed by atoms with Crippen LogP contribution >= 0.6 is 0 Å². The summed E-state index contributed by atoms with van der Waals surface area (Å²) in [4.78, 5) is 15.0. The highest BCUT2D eigenvalue weighted by Crippen LogP contribution is 2.20. The molecule has 1 rings (SSSR count). The Balaban J connectivity index is 2.44. The molecule has 0 unspecified atom stereocenters. The van der Waals surface area contributed by atoms with Crippen LogP contribution in [0.4, 0.5) is 5.69 Å². The van der Waals surface area contributed by atoms with E-state index in [9.17, 15) is 4.79 Å². The molecular weight excluding hydrogens is 342 g/mol. The van der Waals surface area contributed by atoms with Crippen molar-refractivity contribution in [2.24, 2.45) is 0 Å². The number of anilines is 1. The van der Waals surface area contributed by atoms with Crippen LogP contribution in [0.3, 0.4) is 0 Å². The average Bonchev–Trinajstić information content (AvgIpc) is 2.72. The second-order valence-corrected chi connectivity index (χ2v) is 8.03. The van der Waals surface area contributed by atoms with Gasteiger partial charge in [0, 0.05) is 17.8 Å². The molecule has 0 aliphatic rings. The molecule has 0 aromatic heterocycles. The van der Waals surface area contributed by atoms with Gasteiger partial charge >= 0.3 is 0 Å². The van der Waals surface area contributed by atoms with Gasteiger partial charge in [-0.15, -0.1) is 0 Å². The van der Waals surface area contributed by atoms with E-state index in [0.29, 0.717) is 0 Å². The van der Waals surface area contributed by atoms with Crippen molar-refractivity contribution in [3.05, 3.63) is 42.5 Å². The van der Waals surface area contributed by atoms with Gasteiger partial charge in [0.05, 0.1) is 0 Å². The highest BCUT2D eigenvalue weighted by Gasteiger charge is 2.17. The van der Waals surface area contributed by atoms with Gasteiger partial charge in [0.1, 0.15) is 0 Å². The minimum Gasteiger partial charge on any atom is -0.309 e. The Morgan fingerprint density at radius 2 is 1.25 bits per heavy atom. The van der Waals surface area contributed by atoms with E-state index in [4.69, 9.17) is 0 Å². The van der Waals surface area contributed by atoms with Gasteiger partial charge < -0.3 is 4.90 Å². The SMILES string of the molecule is C=C(CCCCCCCCC)C(=O)N(CCCCCCCC)c1ccccc1. The summed E-state index contributed by atoms with van der Waals surface area (Å²) in [7, 11) is 0. The molecule has 0 atom stereocenters. The van der Waals surface area contributed by atoms with Crippen LogP contribution in [0.5, 0.6) is 0 Å². The van der Waals surface area contributed by atoms with Crippen LogP contribution in [0.1, 0.15) is 104 Å². The van der Waals surface area contributed by atoms with E-state index >= 15 is 0 Å². The Morgan fingerprint density at radius 1 is 0.750 bits per heavy atom. The highest BCUT2D eigenvalue weighted by molar-refractivity contribution is 6.05. The monoisotopic (exact) mass is 385 g/mol. The third-order valence-corrected chi connectivity index (χ3v) is 5.43. The lowest BCUT2D eigenvalue weighted by Gasteiger charge is -2.24. The van der Waals surface area contributed by atoms with Gasteiger partial charge in [-0.3, -0.25) is 4.79 Å². The maximum atomic E-state index is 13.0.